The summed E-state index contributed by atoms with van der Waals surface area (Å²) in [5.74, 6) is -0.324. The summed E-state index contributed by atoms with van der Waals surface area (Å²) in [6.45, 7) is 4.59. The second-order valence-electron chi connectivity index (χ2n) is 4.38. The predicted octanol–water partition coefficient (Wildman–Crippen LogP) is 1.45. The van der Waals surface area contributed by atoms with E-state index in [1.807, 2.05) is 14.1 Å². The van der Waals surface area contributed by atoms with Crippen molar-refractivity contribution in [3.05, 3.63) is 23.4 Å². The quantitative estimate of drug-likeness (QED) is 0.811. The van der Waals surface area contributed by atoms with Gasteiger partial charge >= 0.3 is 5.97 Å². The van der Waals surface area contributed by atoms with Crippen LogP contribution < -0.4 is 5.32 Å². The number of aromatic carboxylic acids is 1. The smallest absolute Gasteiger partial charge is 0.335 e. The monoisotopic (exact) mass is 237 g/mol. The standard InChI is InChI=1S/C12H19N3O2/c1-8-5-10(12(16)17)6-11(14-8)13-7-9(2)15(3)4/h5-6,9H,7H2,1-4H3,(H,13,14)(H,16,17). The van der Waals surface area contributed by atoms with Gasteiger partial charge in [-0.15, -0.1) is 0 Å². The minimum atomic E-state index is -0.931. The zero-order valence-electron chi connectivity index (χ0n) is 10.7. The van der Waals surface area contributed by atoms with Crippen molar-refractivity contribution in [1.82, 2.24) is 9.88 Å². The lowest BCUT2D eigenvalue weighted by Gasteiger charge is -2.20. The molecule has 1 unspecified atom stereocenters. The minimum Gasteiger partial charge on any atom is -0.478 e. The fourth-order valence-electron chi connectivity index (χ4n) is 1.32. The first-order valence-corrected chi connectivity index (χ1v) is 5.52. The van der Waals surface area contributed by atoms with Gasteiger partial charge < -0.3 is 15.3 Å². The SMILES string of the molecule is Cc1cc(C(=O)O)cc(NCC(C)N(C)C)n1. The molecule has 0 aliphatic heterocycles. The second-order valence-corrected chi connectivity index (χ2v) is 4.38. The second kappa shape index (κ2) is 5.63. The largest absolute Gasteiger partial charge is 0.478 e. The Labute approximate surface area is 101 Å². The molecule has 0 aliphatic rings. The lowest BCUT2D eigenvalue weighted by atomic mass is 10.2. The molecule has 5 nitrogen and oxygen atoms in total. The molecule has 0 amide bonds. The maximum atomic E-state index is 10.9. The Morgan fingerprint density at radius 3 is 2.71 bits per heavy atom. The van der Waals surface area contributed by atoms with Crippen molar-refractivity contribution in [2.45, 2.75) is 19.9 Å². The van der Waals surface area contributed by atoms with Crippen molar-refractivity contribution in [3.8, 4) is 0 Å². The van der Waals surface area contributed by atoms with Crippen molar-refractivity contribution in [3.63, 3.8) is 0 Å². The normalized spacial score (nSPS) is 12.5. The number of nitrogens with one attached hydrogen (secondary N) is 1. The van der Waals surface area contributed by atoms with E-state index in [4.69, 9.17) is 5.11 Å². The fourth-order valence-corrected chi connectivity index (χ4v) is 1.32. The third-order valence-corrected chi connectivity index (χ3v) is 2.66. The molecule has 0 aliphatic carbocycles. The van der Waals surface area contributed by atoms with Crippen LogP contribution in [0.25, 0.3) is 0 Å². The molecule has 1 aromatic heterocycles. The van der Waals surface area contributed by atoms with Crippen LogP contribution in [0.2, 0.25) is 0 Å². The number of carboxylic acid groups (broad SMARTS) is 1. The van der Waals surface area contributed by atoms with Crippen molar-refractivity contribution >= 4 is 11.8 Å². The maximum absolute atomic E-state index is 10.9. The number of anilines is 1. The molecule has 0 saturated heterocycles. The molecular formula is C12H19N3O2. The average molecular weight is 237 g/mol. The number of carboxylic acids is 1. The first kappa shape index (κ1) is 13.4. The Bertz CT molecular complexity index is 405. The summed E-state index contributed by atoms with van der Waals surface area (Å²) in [5.41, 5.74) is 0.961. The Morgan fingerprint density at radius 2 is 2.18 bits per heavy atom. The highest BCUT2D eigenvalue weighted by atomic mass is 16.4. The van der Waals surface area contributed by atoms with Gasteiger partial charge in [-0.1, -0.05) is 0 Å². The number of hydrogen-bond acceptors (Lipinski definition) is 4. The molecule has 0 spiro atoms. The van der Waals surface area contributed by atoms with E-state index in [1.165, 1.54) is 0 Å². The Morgan fingerprint density at radius 1 is 1.53 bits per heavy atom. The van der Waals surface area contributed by atoms with Gasteiger partial charge in [-0.05, 0) is 40.1 Å². The molecule has 5 heteroatoms. The van der Waals surface area contributed by atoms with Crippen LogP contribution in [0.15, 0.2) is 12.1 Å². The van der Waals surface area contributed by atoms with Crippen molar-refractivity contribution in [1.29, 1.82) is 0 Å². The van der Waals surface area contributed by atoms with Crippen LogP contribution in [-0.4, -0.2) is 47.6 Å². The van der Waals surface area contributed by atoms with Crippen LogP contribution in [-0.2, 0) is 0 Å². The van der Waals surface area contributed by atoms with Gasteiger partial charge in [0.1, 0.15) is 5.82 Å². The average Bonchev–Trinajstić information content (AvgIpc) is 2.24. The molecule has 0 radical (unpaired) electrons. The first-order valence-electron chi connectivity index (χ1n) is 5.52. The van der Waals surface area contributed by atoms with Gasteiger partial charge in [0, 0.05) is 18.3 Å². The molecule has 0 fully saturated rings. The van der Waals surface area contributed by atoms with E-state index in [1.54, 1.807) is 19.1 Å². The molecule has 0 saturated carbocycles. The van der Waals surface area contributed by atoms with Crippen LogP contribution >= 0.6 is 0 Å². The zero-order valence-corrected chi connectivity index (χ0v) is 10.7. The summed E-state index contributed by atoms with van der Waals surface area (Å²) in [4.78, 5) is 17.2. The number of carbonyl (C=O) groups is 1. The number of likely N-dealkylation sites (N-methyl/N-ethyl adjacent to an activating group) is 1. The van der Waals surface area contributed by atoms with E-state index in [9.17, 15) is 4.79 Å². The Kier molecular flexibility index (Phi) is 4.45. The molecule has 17 heavy (non-hydrogen) atoms. The summed E-state index contributed by atoms with van der Waals surface area (Å²) >= 11 is 0. The first-order chi connectivity index (χ1) is 7.90. The number of aromatic nitrogens is 1. The Hall–Kier alpha value is -1.62. The molecule has 1 rings (SSSR count). The van der Waals surface area contributed by atoms with Gasteiger partial charge in [0.05, 0.1) is 5.56 Å². The fraction of sp³-hybridized carbons (Fsp3) is 0.500. The summed E-state index contributed by atoms with van der Waals surface area (Å²) in [7, 11) is 4.00. The van der Waals surface area contributed by atoms with E-state index in [2.05, 4.69) is 22.1 Å². The van der Waals surface area contributed by atoms with Gasteiger partial charge in [0.2, 0.25) is 0 Å². The predicted molar refractivity (Wildman–Crippen MR) is 67.6 cm³/mol. The minimum absolute atomic E-state index is 0.262. The summed E-state index contributed by atoms with van der Waals surface area (Å²) in [5, 5.41) is 12.1. The maximum Gasteiger partial charge on any atom is 0.335 e. The lowest BCUT2D eigenvalue weighted by molar-refractivity contribution is 0.0696. The van der Waals surface area contributed by atoms with Crippen LogP contribution in [0.3, 0.4) is 0 Å². The number of aryl methyl sites for hydroxylation is 1. The number of hydrogen-bond donors (Lipinski definition) is 2. The van der Waals surface area contributed by atoms with Crippen molar-refractivity contribution in [2.24, 2.45) is 0 Å². The highest BCUT2D eigenvalue weighted by Crippen LogP contribution is 2.10. The highest BCUT2D eigenvalue weighted by molar-refractivity contribution is 5.88. The zero-order chi connectivity index (χ0) is 13.0. The van der Waals surface area contributed by atoms with Gasteiger partial charge in [-0.25, -0.2) is 9.78 Å². The third kappa shape index (κ3) is 4.03. The summed E-state index contributed by atoms with van der Waals surface area (Å²) in [6, 6.07) is 3.46. The Balaban J connectivity index is 2.74. The molecule has 94 valence electrons. The van der Waals surface area contributed by atoms with Crippen LogP contribution in [0.4, 0.5) is 5.82 Å². The van der Waals surface area contributed by atoms with Gasteiger partial charge in [-0.2, -0.15) is 0 Å². The van der Waals surface area contributed by atoms with Gasteiger partial charge in [0.15, 0.2) is 0 Å². The summed E-state index contributed by atoms with van der Waals surface area (Å²) < 4.78 is 0. The molecule has 0 bridgehead atoms. The molecule has 0 aromatic carbocycles. The van der Waals surface area contributed by atoms with Crippen molar-refractivity contribution in [2.75, 3.05) is 26.0 Å². The van der Waals surface area contributed by atoms with Crippen LogP contribution in [0.1, 0.15) is 23.0 Å². The van der Waals surface area contributed by atoms with Crippen LogP contribution in [0, 0.1) is 6.92 Å². The molecule has 2 N–H and O–H groups in total. The van der Waals surface area contributed by atoms with Crippen molar-refractivity contribution < 1.29 is 9.90 Å². The highest BCUT2D eigenvalue weighted by Gasteiger charge is 2.08. The van der Waals surface area contributed by atoms with Crippen LogP contribution in [0.5, 0.6) is 0 Å². The third-order valence-electron chi connectivity index (χ3n) is 2.66. The van der Waals surface area contributed by atoms with E-state index in [0.29, 0.717) is 17.6 Å². The number of rotatable bonds is 5. The summed E-state index contributed by atoms with van der Waals surface area (Å²) in [6.07, 6.45) is 0. The molecule has 1 atom stereocenters. The van der Waals surface area contributed by atoms with E-state index < -0.39 is 5.97 Å². The number of nitrogens with zero attached hydrogens (tertiary/aromatic N) is 2. The molecular weight excluding hydrogens is 218 g/mol. The molecule has 1 aromatic rings. The van der Waals surface area contributed by atoms with E-state index in [-0.39, 0.29) is 5.56 Å². The topological polar surface area (TPSA) is 65.5 Å². The van der Waals surface area contributed by atoms with E-state index in [0.717, 1.165) is 6.54 Å². The van der Waals surface area contributed by atoms with Gasteiger partial charge in [-0.3, -0.25) is 0 Å². The number of pyridine rings is 1. The van der Waals surface area contributed by atoms with Gasteiger partial charge in [0.25, 0.3) is 0 Å². The lowest BCUT2D eigenvalue weighted by Crippen LogP contribution is -2.31. The molecule has 1 heterocycles. The van der Waals surface area contributed by atoms with E-state index >= 15 is 0 Å².